The largest absolute Gasteiger partial charge is 0.325 e. The zero-order chi connectivity index (χ0) is 16.9. The van der Waals surface area contributed by atoms with Gasteiger partial charge in [0, 0.05) is 17.2 Å². The zero-order valence-corrected chi connectivity index (χ0v) is 14.5. The van der Waals surface area contributed by atoms with Crippen molar-refractivity contribution in [2.75, 3.05) is 5.32 Å². The van der Waals surface area contributed by atoms with Crippen molar-refractivity contribution in [1.82, 2.24) is 0 Å². The molecule has 2 heteroatoms. The van der Waals surface area contributed by atoms with Gasteiger partial charge in [0.2, 0.25) is 5.91 Å². The van der Waals surface area contributed by atoms with Crippen LogP contribution in [-0.2, 0) is 11.2 Å². The lowest BCUT2D eigenvalue weighted by Gasteiger charge is -2.22. The molecule has 1 aliphatic rings. The van der Waals surface area contributed by atoms with Gasteiger partial charge in [-0.15, -0.1) is 0 Å². The summed E-state index contributed by atoms with van der Waals surface area (Å²) in [5, 5.41) is 3.14. The Kier molecular flexibility index (Phi) is 5.14. The fraction of sp³-hybridized carbons (Fsp3) is 0.318. The van der Waals surface area contributed by atoms with E-state index in [4.69, 9.17) is 0 Å². The SMILES string of the molecule is CC(=C1CCC1)c1ccccc1NC(=O)C(C)Cc1ccccc1. The van der Waals surface area contributed by atoms with E-state index >= 15 is 0 Å². The Balaban J connectivity index is 1.73. The van der Waals surface area contributed by atoms with E-state index in [0.717, 1.165) is 17.7 Å². The molecule has 1 N–H and O–H groups in total. The maximum absolute atomic E-state index is 12.6. The number of nitrogens with one attached hydrogen (secondary N) is 1. The van der Waals surface area contributed by atoms with Gasteiger partial charge < -0.3 is 5.32 Å². The molecule has 2 aromatic carbocycles. The summed E-state index contributed by atoms with van der Waals surface area (Å²) < 4.78 is 0. The molecule has 1 unspecified atom stereocenters. The second-order valence-electron chi connectivity index (χ2n) is 6.71. The molecule has 2 aromatic rings. The Morgan fingerprint density at radius 2 is 1.71 bits per heavy atom. The quantitative estimate of drug-likeness (QED) is 0.779. The molecule has 0 spiro atoms. The van der Waals surface area contributed by atoms with E-state index in [9.17, 15) is 4.79 Å². The van der Waals surface area contributed by atoms with Gasteiger partial charge in [-0.3, -0.25) is 4.79 Å². The summed E-state index contributed by atoms with van der Waals surface area (Å²) in [4.78, 5) is 12.6. The minimum Gasteiger partial charge on any atom is -0.325 e. The molecule has 1 atom stereocenters. The van der Waals surface area contributed by atoms with E-state index < -0.39 is 0 Å². The summed E-state index contributed by atoms with van der Waals surface area (Å²) in [7, 11) is 0. The first-order valence-corrected chi connectivity index (χ1v) is 8.78. The maximum atomic E-state index is 12.6. The van der Waals surface area contributed by atoms with Gasteiger partial charge in [0.05, 0.1) is 0 Å². The van der Waals surface area contributed by atoms with Crippen molar-refractivity contribution in [2.24, 2.45) is 5.92 Å². The van der Waals surface area contributed by atoms with Gasteiger partial charge in [0.15, 0.2) is 0 Å². The Labute approximate surface area is 144 Å². The summed E-state index contributed by atoms with van der Waals surface area (Å²) in [5.41, 5.74) is 6.13. The first-order chi connectivity index (χ1) is 11.6. The molecule has 1 amide bonds. The van der Waals surface area contributed by atoms with Crippen LogP contribution in [0, 0.1) is 5.92 Å². The number of benzene rings is 2. The number of carbonyl (C=O) groups is 1. The maximum Gasteiger partial charge on any atom is 0.227 e. The number of para-hydroxylation sites is 1. The third-order valence-corrected chi connectivity index (χ3v) is 4.91. The lowest BCUT2D eigenvalue weighted by Crippen LogP contribution is -2.22. The van der Waals surface area contributed by atoms with Crippen LogP contribution in [0.3, 0.4) is 0 Å². The van der Waals surface area contributed by atoms with Crippen molar-refractivity contribution in [3.8, 4) is 0 Å². The Morgan fingerprint density at radius 3 is 2.38 bits per heavy atom. The smallest absolute Gasteiger partial charge is 0.227 e. The molecule has 0 aromatic heterocycles. The molecular formula is C22H25NO. The van der Waals surface area contributed by atoms with Crippen LogP contribution < -0.4 is 5.32 Å². The number of hydrogen-bond donors (Lipinski definition) is 1. The average Bonchev–Trinajstić information content (AvgIpc) is 2.54. The lowest BCUT2D eigenvalue weighted by molar-refractivity contribution is -0.119. The molecule has 24 heavy (non-hydrogen) atoms. The molecule has 2 nitrogen and oxygen atoms in total. The molecule has 0 radical (unpaired) electrons. The third kappa shape index (κ3) is 3.76. The van der Waals surface area contributed by atoms with Gasteiger partial charge >= 0.3 is 0 Å². The minimum absolute atomic E-state index is 0.0582. The zero-order valence-electron chi connectivity index (χ0n) is 14.5. The first-order valence-electron chi connectivity index (χ1n) is 8.78. The number of hydrogen-bond acceptors (Lipinski definition) is 1. The van der Waals surface area contributed by atoms with E-state index in [1.54, 1.807) is 0 Å². The summed E-state index contributed by atoms with van der Waals surface area (Å²) in [6, 6.07) is 18.3. The van der Waals surface area contributed by atoms with Crippen molar-refractivity contribution < 1.29 is 4.79 Å². The van der Waals surface area contributed by atoms with E-state index in [2.05, 4.69) is 30.4 Å². The molecule has 1 saturated carbocycles. The Morgan fingerprint density at radius 1 is 1.04 bits per heavy atom. The minimum atomic E-state index is -0.0582. The molecule has 0 heterocycles. The van der Waals surface area contributed by atoms with E-state index in [1.807, 2.05) is 43.3 Å². The number of amides is 1. The van der Waals surface area contributed by atoms with Crippen molar-refractivity contribution >= 4 is 17.2 Å². The Hall–Kier alpha value is -2.35. The normalized spacial score (nSPS) is 14.7. The van der Waals surface area contributed by atoms with Crippen LogP contribution >= 0.6 is 0 Å². The van der Waals surface area contributed by atoms with Crippen molar-refractivity contribution in [3.05, 3.63) is 71.3 Å². The molecule has 0 bridgehead atoms. The highest BCUT2D eigenvalue weighted by atomic mass is 16.1. The first kappa shape index (κ1) is 16.5. The standard InChI is InChI=1S/C22H25NO/c1-16(15-18-9-4-3-5-10-18)22(24)23-21-14-7-6-13-20(21)17(2)19-11-8-12-19/h3-7,9-10,13-14,16H,8,11-12,15H2,1-2H3,(H,23,24). The van der Waals surface area contributed by atoms with E-state index in [0.29, 0.717) is 0 Å². The molecule has 0 aliphatic heterocycles. The van der Waals surface area contributed by atoms with Gasteiger partial charge in [-0.2, -0.15) is 0 Å². The number of allylic oxidation sites excluding steroid dienone is 2. The highest BCUT2D eigenvalue weighted by molar-refractivity contribution is 5.95. The van der Waals surface area contributed by atoms with Gasteiger partial charge in [-0.1, -0.05) is 61.0 Å². The lowest BCUT2D eigenvalue weighted by atomic mass is 9.85. The highest BCUT2D eigenvalue weighted by Crippen LogP contribution is 2.35. The second-order valence-corrected chi connectivity index (χ2v) is 6.71. The van der Waals surface area contributed by atoms with Crippen LogP contribution in [0.1, 0.15) is 44.2 Å². The highest BCUT2D eigenvalue weighted by Gasteiger charge is 2.18. The van der Waals surface area contributed by atoms with Crippen LogP contribution in [0.15, 0.2) is 60.2 Å². The molecule has 1 fully saturated rings. The van der Waals surface area contributed by atoms with Gasteiger partial charge in [-0.25, -0.2) is 0 Å². The fourth-order valence-electron chi connectivity index (χ4n) is 3.15. The summed E-state index contributed by atoms with van der Waals surface area (Å²) in [5.74, 6) is 0.0230. The average molecular weight is 319 g/mol. The van der Waals surface area contributed by atoms with Gasteiger partial charge in [-0.05, 0) is 49.8 Å². The number of rotatable bonds is 5. The number of carbonyl (C=O) groups excluding carboxylic acids is 1. The van der Waals surface area contributed by atoms with Crippen molar-refractivity contribution in [3.63, 3.8) is 0 Å². The predicted octanol–water partition coefficient (Wildman–Crippen LogP) is 5.46. The van der Waals surface area contributed by atoms with E-state index in [1.165, 1.54) is 36.0 Å². The molecule has 124 valence electrons. The number of anilines is 1. The molecule has 0 saturated heterocycles. The van der Waals surface area contributed by atoms with Crippen LogP contribution in [-0.4, -0.2) is 5.91 Å². The van der Waals surface area contributed by atoms with Crippen LogP contribution in [0.4, 0.5) is 5.69 Å². The van der Waals surface area contributed by atoms with E-state index in [-0.39, 0.29) is 11.8 Å². The van der Waals surface area contributed by atoms with Crippen LogP contribution in [0.25, 0.3) is 5.57 Å². The molecular weight excluding hydrogens is 294 g/mol. The molecule has 1 aliphatic carbocycles. The van der Waals surface area contributed by atoms with Crippen molar-refractivity contribution in [1.29, 1.82) is 0 Å². The van der Waals surface area contributed by atoms with Crippen LogP contribution in [0.5, 0.6) is 0 Å². The second kappa shape index (κ2) is 7.48. The fourth-order valence-corrected chi connectivity index (χ4v) is 3.15. The van der Waals surface area contributed by atoms with Gasteiger partial charge in [0.1, 0.15) is 0 Å². The van der Waals surface area contributed by atoms with Gasteiger partial charge in [0.25, 0.3) is 0 Å². The summed E-state index contributed by atoms with van der Waals surface area (Å²) in [6.07, 6.45) is 4.43. The topological polar surface area (TPSA) is 29.1 Å². The van der Waals surface area contributed by atoms with Crippen molar-refractivity contribution in [2.45, 2.75) is 39.5 Å². The summed E-state index contributed by atoms with van der Waals surface area (Å²) >= 11 is 0. The van der Waals surface area contributed by atoms with Crippen LogP contribution in [0.2, 0.25) is 0 Å². The third-order valence-electron chi connectivity index (χ3n) is 4.91. The Bertz CT molecular complexity index is 740. The molecule has 3 rings (SSSR count). The summed E-state index contributed by atoms with van der Waals surface area (Å²) in [6.45, 7) is 4.16. The predicted molar refractivity (Wildman–Crippen MR) is 101 cm³/mol. The monoisotopic (exact) mass is 319 g/mol.